The van der Waals surface area contributed by atoms with Crippen molar-refractivity contribution in [3.8, 4) is 5.75 Å². The van der Waals surface area contributed by atoms with E-state index in [0.29, 0.717) is 5.75 Å². The van der Waals surface area contributed by atoms with E-state index in [9.17, 15) is 5.11 Å². The second-order valence-electron chi connectivity index (χ2n) is 9.43. The highest BCUT2D eigenvalue weighted by atomic mass is 32.2. The number of ether oxygens (including phenoxy) is 1. The number of hydrogen-bond donors (Lipinski definition) is 1. The predicted octanol–water partition coefficient (Wildman–Crippen LogP) is 6.42. The maximum absolute atomic E-state index is 10.5. The van der Waals surface area contributed by atoms with Crippen LogP contribution in [0.2, 0.25) is 0 Å². The fraction of sp³-hybridized carbons (Fsp3) is 0.458. The first kappa shape index (κ1) is 22.1. The lowest BCUT2D eigenvalue weighted by Crippen LogP contribution is -2.22. The van der Waals surface area contributed by atoms with Crippen molar-refractivity contribution in [2.24, 2.45) is 0 Å². The molecule has 29 heavy (non-hydrogen) atoms. The minimum atomic E-state index is -0.554. The van der Waals surface area contributed by atoms with E-state index in [-0.39, 0.29) is 17.4 Å². The van der Waals surface area contributed by atoms with Gasteiger partial charge >= 0.3 is 0 Å². The SMILES string of the molecule is CC(C)(C)c1ccc(OCC(O)CSc2nc3ccccc3s2)c(C(C)(C)C)c1. The van der Waals surface area contributed by atoms with E-state index < -0.39 is 6.10 Å². The Hall–Kier alpha value is -1.56. The Morgan fingerprint density at radius 1 is 1.03 bits per heavy atom. The quantitative estimate of drug-likeness (QED) is 0.459. The Morgan fingerprint density at radius 2 is 1.76 bits per heavy atom. The minimum absolute atomic E-state index is 0.0305. The lowest BCUT2D eigenvalue weighted by atomic mass is 9.80. The van der Waals surface area contributed by atoms with Crippen molar-refractivity contribution in [1.82, 2.24) is 4.98 Å². The molecule has 5 heteroatoms. The van der Waals surface area contributed by atoms with Crippen LogP contribution in [0.25, 0.3) is 10.2 Å². The molecule has 0 saturated heterocycles. The van der Waals surface area contributed by atoms with Crippen LogP contribution >= 0.6 is 23.1 Å². The number of aliphatic hydroxyl groups is 1. The topological polar surface area (TPSA) is 42.4 Å². The molecule has 3 rings (SSSR count). The average molecular weight is 430 g/mol. The van der Waals surface area contributed by atoms with Crippen molar-refractivity contribution in [1.29, 1.82) is 0 Å². The number of thioether (sulfide) groups is 1. The van der Waals surface area contributed by atoms with Gasteiger partial charge < -0.3 is 9.84 Å². The van der Waals surface area contributed by atoms with Crippen molar-refractivity contribution >= 4 is 33.3 Å². The molecule has 0 spiro atoms. The molecule has 1 N–H and O–H groups in total. The standard InChI is InChI=1S/C24H31NO2S2/c1-23(2,3)16-11-12-20(18(13-16)24(4,5)6)27-14-17(26)15-28-22-25-19-9-7-8-10-21(19)29-22/h7-13,17,26H,14-15H2,1-6H3. The molecule has 3 nitrogen and oxygen atoms in total. The van der Waals surface area contributed by atoms with Crippen LogP contribution in [0.1, 0.15) is 52.7 Å². The summed E-state index contributed by atoms with van der Waals surface area (Å²) < 4.78 is 8.22. The number of hydrogen-bond acceptors (Lipinski definition) is 5. The lowest BCUT2D eigenvalue weighted by molar-refractivity contribution is 0.125. The lowest BCUT2D eigenvalue weighted by Gasteiger charge is -2.27. The molecule has 1 aromatic heterocycles. The molecule has 0 bridgehead atoms. The van der Waals surface area contributed by atoms with Crippen molar-refractivity contribution in [3.05, 3.63) is 53.6 Å². The van der Waals surface area contributed by atoms with Crippen molar-refractivity contribution < 1.29 is 9.84 Å². The molecule has 1 atom stereocenters. The summed E-state index contributed by atoms with van der Waals surface area (Å²) in [5, 5.41) is 10.5. The van der Waals surface area contributed by atoms with Gasteiger partial charge in [0.15, 0.2) is 4.34 Å². The van der Waals surface area contributed by atoms with Crippen LogP contribution in [0.5, 0.6) is 5.75 Å². The zero-order valence-corrected chi connectivity index (χ0v) is 19.8. The molecular formula is C24H31NO2S2. The molecule has 0 amide bonds. The average Bonchev–Trinajstić information content (AvgIpc) is 3.06. The summed E-state index contributed by atoms with van der Waals surface area (Å²) in [5.74, 6) is 1.42. The molecule has 156 valence electrons. The van der Waals surface area contributed by atoms with Gasteiger partial charge in [0.2, 0.25) is 0 Å². The van der Waals surface area contributed by atoms with Gasteiger partial charge in [0.25, 0.3) is 0 Å². The highest BCUT2D eigenvalue weighted by Gasteiger charge is 2.23. The molecule has 0 aliphatic heterocycles. The van der Waals surface area contributed by atoms with Gasteiger partial charge in [0.1, 0.15) is 12.4 Å². The minimum Gasteiger partial charge on any atom is -0.491 e. The summed E-state index contributed by atoms with van der Waals surface area (Å²) in [5.41, 5.74) is 3.54. The highest BCUT2D eigenvalue weighted by Crippen LogP contribution is 2.36. The number of fused-ring (bicyclic) bond motifs is 1. The van der Waals surface area contributed by atoms with Gasteiger partial charge in [-0.25, -0.2) is 4.98 Å². The molecule has 1 unspecified atom stereocenters. The third-order valence-electron chi connectivity index (χ3n) is 4.76. The van der Waals surface area contributed by atoms with E-state index in [0.717, 1.165) is 15.6 Å². The molecule has 0 saturated carbocycles. The van der Waals surface area contributed by atoms with Gasteiger partial charge in [-0.3, -0.25) is 0 Å². The van der Waals surface area contributed by atoms with Gasteiger partial charge in [-0.15, -0.1) is 11.3 Å². The van der Waals surface area contributed by atoms with E-state index in [1.165, 1.54) is 15.8 Å². The Bertz CT molecular complexity index is 934. The van der Waals surface area contributed by atoms with Gasteiger partial charge in [-0.2, -0.15) is 0 Å². The number of benzene rings is 2. The van der Waals surface area contributed by atoms with E-state index in [2.05, 4.69) is 70.8 Å². The van der Waals surface area contributed by atoms with Crippen LogP contribution in [0, 0.1) is 0 Å². The first-order valence-electron chi connectivity index (χ1n) is 9.98. The summed E-state index contributed by atoms with van der Waals surface area (Å²) in [6.07, 6.45) is -0.554. The fourth-order valence-electron chi connectivity index (χ4n) is 3.02. The van der Waals surface area contributed by atoms with E-state index >= 15 is 0 Å². The largest absolute Gasteiger partial charge is 0.491 e. The Labute approximate surface area is 182 Å². The molecule has 0 aliphatic carbocycles. The Kier molecular flexibility index (Phi) is 6.61. The second kappa shape index (κ2) is 8.66. The van der Waals surface area contributed by atoms with Crippen molar-refractivity contribution in [3.63, 3.8) is 0 Å². The first-order valence-corrected chi connectivity index (χ1v) is 11.8. The molecule has 1 heterocycles. The van der Waals surface area contributed by atoms with Crippen LogP contribution in [0.15, 0.2) is 46.8 Å². The second-order valence-corrected chi connectivity index (χ2v) is 11.7. The summed E-state index contributed by atoms with van der Waals surface area (Å²) in [7, 11) is 0. The van der Waals surface area contributed by atoms with E-state index in [1.54, 1.807) is 23.1 Å². The maximum Gasteiger partial charge on any atom is 0.151 e. The van der Waals surface area contributed by atoms with Crippen LogP contribution in [0.3, 0.4) is 0 Å². The normalized spacial score (nSPS) is 13.6. The molecule has 0 aliphatic rings. The zero-order valence-electron chi connectivity index (χ0n) is 18.2. The monoisotopic (exact) mass is 429 g/mol. The van der Waals surface area contributed by atoms with Crippen LogP contribution in [0.4, 0.5) is 0 Å². The Morgan fingerprint density at radius 3 is 2.41 bits per heavy atom. The number of nitrogens with zero attached hydrogens (tertiary/aromatic N) is 1. The van der Waals surface area contributed by atoms with E-state index in [4.69, 9.17) is 4.74 Å². The fourth-order valence-corrected chi connectivity index (χ4v) is 5.02. The van der Waals surface area contributed by atoms with Gasteiger partial charge in [-0.05, 0) is 40.2 Å². The molecule has 2 aromatic carbocycles. The van der Waals surface area contributed by atoms with Crippen LogP contribution in [-0.4, -0.2) is 28.6 Å². The van der Waals surface area contributed by atoms with Gasteiger partial charge in [0, 0.05) is 5.75 Å². The smallest absolute Gasteiger partial charge is 0.151 e. The number of rotatable bonds is 6. The molecule has 0 fully saturated rings. The molecule has 0 radical (unpaired) electrons. The first-order chi connectivity index (χ1) is 13.5. The molecule has 3 aromatic rings. The molecular weight excluding hydrogens is 398 g/mol. The summed E-state index contributed by atoms with van der Waals surface area (Å²) in [6.45, 7) is 13.5. The van der Waals surface area contributed by atoms with E-state index in [1.807, 2.05) is 18.2 Å². The van der Waals surface area contributed by atoms with Crippen LogP contribution < -0.4 is 4.74 Å². The number of aliphatic hydroxyl groups excluding tert-OH is 1. The summed E-state index contributed by atoms with van der Waals surface area (Å²) in [4.78, 5) is 4.61. The zero-order chi connectivity index (χ0) is 21.2. The number of para-hydroxylation sites is 1. The van der Waals surface area contributed by atoms with Crippen molar-refractivity contribution in [2.45, 2.75) is 62.8 Å². The third-order valence-corrected chi connectivity index (χ3v) is 7.08. The maximum atomic E-state index is 10.5. The van der Waals surface area contributed by atoms with Gasteiger partial charge in [0.05, 0.1) is 16.3 Å². The highest BCUT2D eigenvalue weighted by molar-refractivity contribution is 8.01. The predicted molar refractivity (Wildman–Crippen MR) is 126 cm³/mol. The van der Waals surface area contributed by atoms with Crippen molar-refractivity contribution in [2.75, 3.05) is 12.4 Å². The summed E-state index contributed by atoms with van der Waals surface area (Å²) >= 11 is 3.25. The summed E-state index contributed by atoms with van der Waals surface area (Å²) in [6, 6.07) is 14.5. The van der Waals surface area contributed by atoms with Crippen LogP contribution in [-0.2, 0) is 10.8 Å². The Balaban J connectivity index is 1.63. The number of thiazole rings is 1. The third kappa shape index (κ3) is 5.74. The van der Waals surface area contributed by atoms with Gasteiger partial charge in [-0.1, -0.05) is 77.6 Å². The number of aromatic nitrogens is 1.